The maximum Gasteiger partial charge on any atom is 0.422 e. The zero-order valence-corrected chi connectivity index (χ0v) is 15.4. The predicted octanol–water partition coefficient (Wildman–Crippen LogP) is 5.90. The van der Waals surface area contributed by atoms with Gasteiger partial charge in [-0.15, -0.1) is 28.3 Å². The van der Waals surface area contributed by atoms with Gasteiger partial charge < -0.3 is 4.74 Å². The quantitative estimate of drug-likeness (QED) is 0.405. The summed E-state index contributed by atoms with van der Waals surface area (Å²) in [6.07, 6.45) is -3.65. The van der Waals surface area contributed by atoms with Crippen molar-refractivity contribution in [2.24, 2.45) is 0 Å². The van der Waals surface area contributed by atoms with E-state index in [1.165, 1.54) is 0 Å². The molecule has 0 radical (unpaired) electrons. The lowest BCUT2D eigenvalue weighted by atomic mass is 10.1. The van der Waals surface area contributed by atoms with Crippen LogP contribution in [0.1, 0.15) is 10.4 Å². The molecule has 2 nitrogen and oxygen atoms in total. The monoisotopic (exact) mass is 427 g/mol. The van der Waals surface area contributed by atoms with E-state index in [4.69, 9.17) is 9.72 Å². The molecular formula is C18H13BrF3NOS. The van der Waals surface area contributed by atoms with Crippen LogP contribution in [0.4, 0.5) is 13.2 Å². The Hall–Kier alpha value is -1.86. The van der Waals surface area contributed by atoms with Crippen molar-refractivity contribution in [3.63, 3.8) is 0 Å². The Morgan fingerprint density at radius 3 is 2.56 bits per heavy atom. The average molecular weight is 428 g/mol. The summed E-state index contributed by atoms with van der Waals surface area (Å²) in [7, 11) is 0. The number of alkyl halides is 3. The van der Waals surface area contributed by atoms with Crippen LogP contribution in [0.3, 0.4) is 0 Å². The van der Waals surface area contributed by atoms with Gasteiger partial charge in [0.15, 0.2) is 6.61 Å². The molecule has 7 heteroatoms. The molecule has 1 heterocycles. The van der Waals surface area contributed by atoms with Crippen molar-refractivity contribution in [3.05, 3.63) is 59.0 Å². The number of ether oxygens (including phenoxy) is 1. The molecule has 0 bridgehead atoms. The van der Waals surface area contributed by atoms with E-state index in [1.54, 1.807) is 29.5 Å². The second kappa shape index (κ2) is 6.80. The van der Waals surface area contributed by atoms with E-state index >= 15 is 0 Å². The van der Waals surface area contributed by atoms with Gasteiger partial charge in [-0.1, -0.05) is 30.3 Å². The topological polar surface area (TPSA) is 22.1 Å². The highest BCUT2D eigenvalue weighted by atomic mass is 79.9. The van der Waals surface area contributed by atoms with Crippen LogP contribution in [-0.4, -0.2) is 17.8 Å². The molecule has 0 atom stereocenters. The highest BCUT2D eigenvalue weighted by Gasteiger charge is 2.29. The van der Waals surface area contributed by atoms with Gasteiger partial charge in [0.2, 0.25) is 0 Å². The van der Waals surface area contributed by atoms with E-state index < -0.39 is 12.8 Å². The lowest BCUT2D eigenvalue weighted by Crippen LogP contribution is -2.19. The zero-order chi connectivity index (χ0) is 16.7. The highest BCUT2D eigenvalue weighted by molar-refractivity contribution is 8.93. The Balaban J connectivity index is 0.00000182. The third kappa shape index (κ3) is 3.72. The molecule has 0 N–H and O–H groups in total. The number of hydrogen-bond donors (Lipinski definition) is 0. The summed E-state index contributed by atoms with van der Waals surface area (Å²) in [5.74, 6) is 0.240. The summed E-state index contributed by atoms with van der Waals surface area (Å²) in [6, 6.07) is 15.0. The number of fused-ring (bicyclic) bond motifs is 3. The first-order valence-corrected chi connectivity index (χ1v) is 8.19. The molecule has 1 aromatic heterocycles. The summed E-state index contributed by atoms with van der Waals surface area (Å²) in [6.45, 7) is -1.27. The first kappa shape index (κ1) is 17.9. The number of benzene rings is 2. The number of aromatic nitrogens is 1. The molecule has 0 fully saturated rings. The van der Waals surface area contributed by atoms with Crippen molar-refractivity contribution < 1.29 is 17.9 Å². The van der Waals surface area contributed by atoms with E-state index in [1.807, 2.05) is 30.3 Å². The van der Waals surface area contributed by atoms with Gasteiger partial charge in [-0.2, -0.15) is 13.2 Å². The highest BCUT2D eigenvalue weighted by Crippen LogP contribution is 2.43. The van der Waals surface area contributed by atoms with Crippen molar-refractivity contribution >= 4 is 28.3 Å². The van der Waals surface area contributed by atoms with Gasteiger partial charge >= 0.3 is 6.18 Å². The largest absolute Gasteiger partial charge is 0.484 e. The van der Waals surface area contributed by atoms with Gasteiger partial charge in [0.05, 0.1) is 5.69 Å². The van der Waals surface area contributed by atoms with Gasteiger partial charge in [0.25, 0.3) is 0 Å². The summed E-state index contributed by atoms with van der Waals surface area (Å²) >= 11 is 1.62. The van der Waals surface area contributed by atoms with Crippen LogP contribution < -0.4 is 4.74 Å². The molecule has 2 aromatic carbocycles. The van der Waals surface area contributed by atoms with Crippen LogP contribution in [0.2, 0.25) is 0 Å². The van der Waals surface area contributed by atoms with Crippen molar-refractivity contribution in [2.75, 3.05) is 6.61 Å². The minimum Gasteiger partial charge on any atom is -0.484 e. The number of halogens is 4. The number of thiazole rings is 1. The molecule has 0 saturated heterocycles. The molecule has 25 heavy (non-hydrogen) atoms. The Bertz CT molecular complexity index is 893. The fourth-order valence-electron chi connectivity index (χ4n) is 2.76. The van der Waals surface area contributed by atoms with E-state index in [9.17, 15) is 13.2 Å². The molecule has 0 spiro atoms. The Morgan fingerprint density at radius 1 is 1.08 bits per heavy atom. The number of nitrogens with zero attached hydrogens (tertiary/aromatic N) is 1. The summed E-state index contributed by atoms with van der Waals surface area (Å²) in [5, 5.41) is 0.962. The van der Waals surface area contributed by atoms with Crippen LogP contribution in [0, 0.1) is 0 Å². The lowest BCUT2D eigenvalue weighted by Gasteiger charge is -2.10. The van der Waals surface area contributed by atoms with E-state index in [2.05, 4.69) is 0 Å². The second-order valence-corrected chi connectivity index (χ2v) is 6.64. The molecule has 0 unspecified atom stereocenters. The molecule has 0 amide bonds. The van der Waals surface area contributed by atoms with Gasteiger partial charge in [0.1, 0.15) is 10.8 Å². The van der Waals surface area contributed by atoms with E-state index in [0.29, 0.717) is 6.42 Å². The van der Waals surface area contributed by atoms with Gasteiger partial charge in [-0.05, 0) is 23.8 Å². The van der Waals surface area contributed by atoms with Gasteiger partial charge in [-0.3, -0.25) is 0 Å². The Kier molecular flexibility index (Phi) is 4.88. The minimum absolute atomic E-state index is 0. The molecule has 3 aromatic rings. The third-order valence-electron chi connectivity index (χ3n) is 3.80. The average Bonchev–Trinajstić information content (AvgIpc) is 3.10. The molecular weight excluding hydrogens is 415 g/mol. The molecule has 1 aliphatic rings. The number of rotatable bonds is 3. The van der Waals surface area contributed by atoms with Crippen LogP contribution >= 0.6 is 28.3 Å². The summed E-state index contributed by atoms with van der Waals surface area (Å²) < 4.78 is 41.6. The van der Waals surface area contributed by atoms with Crippen molar-refractivity contribution in [1.29, 1.82) is 0 Å². The fraction of sp³-hybridized carbons (Fsp3) is 0.167. The molecule has 1 aliphatic carbocycles. The molecule has 0 saturated carbocycles. The third-order valence-corrected chi connectivity index (χ3v) is 4.91. The molecule has 130 valence electrons. The van der Waals surface area contributed by atoms with Crippen molar-refractivity contribution in [2.45, 2.75) is 12.6 Å². The molecule has 4 rings (SSSR count). The zero-order valence-electron chi connectivity index (χ0n) is 12.8. The normalized spacial score (nSPS) is 12.3. The molecule has 0 aliphatic heterocycles. The van der Waals surface area contributed by atoms with Crippen molar-refractivity contribution in [3.8, 4) is 27.6 Å². The van der Waals surface area contributed by atoms with Crippen LogP contribution in [0.15, 0.2) is 48.5 Å². The standard InChI is InChI=1S/C18H12F3NOS.BrH/c19-18(20,21)10-23-13-6-7-14-12(8-13)9-15-16(14)22-17(24-15)11-4-2-1-3-5-11;/h1-8H,9-10H2;1H. The van der Waals surface area contributed by atoms with Gasteiger partial charge in [0, 0.05) is 22.4 Å². The smallest absolute Gasteiger partial charge is 0.422 e. The maximum atomic E-state index is 12.3. The Labute approximate surface area is 157 Å². The van der Waals surface area contributed by atoms with E-state index in [-0.39, 0.29) is 22.7 Å². The van der Waals surface area contributed by atoms with Gasteiger partial charge in [-0.25, -0.2) is 4.98 Å². The summed E-state index contributed by atoms with van der Waals surface area (Å²) in [5.41, 5.74) is 3.94. The van der Waals surface area contributed by atoms with Crippen LogP contribution in [0.25, 0.3) is 21.8 Å². The Morgan fingerprint density at radius 2 is 1.84 bits per heavy atom. The van der Waals surface area contributed by atoms with E-state index in [0.717, 1.165) is 32.3 Å². The first-order chi connectivity index (χ1) is 11.5. The number of hydrogen-bond acceptors (Lipinski definition) is 3. The van der Waals surface area contributed by atoms with Crippen LogP contribution in [0.5, 0.6) is 5.75 Å². The van der Waals surface area contributed by atoms with Crippen molar-refractivity contribution in [1.82, 2.24) is 4.98 Å². The fourth-order valence-corrected chi connectivity index (χ4v) is 3.87. The second-order valence-electron chi connectivity index (χ2n) is 5.56. The first-order valence-electron chi connectivity index (χ1n) is 7.37. The van der Waals surface area contributed by atoms with Crippen LogP contribution in [-0.2, 0) is 6.42 Å². The predicted molar refractivity (Wildman–Crippen MR) is 97.7 cm³/mol. The SMILES string of the molecule is Br.FC(F)(F)COc1ccc2c(c1)Cc1sc(-c3ccccc3)nc1-2. The lowest BCUT2D eigenvalue weighted by molar-refractivity contribution is -0.153. The minimum atomic E-state index is -4.33. The maximum absolute atomic E-state index is 12.3. The summed E-state index contributed by atoms with van der Waals surface area (Å²) in [4.78, 5) is 5.85.